The molecule has 0 aromatic heterocycles. The third-order valence-corrected chi connectivity index (χ3v) is 4.81. The molecule has 0 aliphatic heterocycles. The smallest absolute Gasteiger partial charge is 0.221 e. The summed E-state index contributed by atoms with van der Waals surface area (Å²) in [5.74, 6) is 0.0136. The lowest BCUT2D eigenvalue weighted by atomic mass is 10.1. The zero-order chi connectivity index (χ0) is 20.7. The van der Waals surface area contributed by atoms with Crippen LogP contribution in [0, 0.1) is 0 Å². The summed E-state index contributed by atoms with van der Waals surface area (Å²) in [7, 11) is 0. The second kappa shape index (κ2) is 21.9. The lowest BCUT2D eigenvalue weighted by Crippen LogP contribution is -2.35. The summed E-state index contributed by atoms with van der Waals surface area (Å²) in [5, 5.41) is 5.56. The van der Waals surface area contributed by atoms with Crippen LogP contribution < -0.4 is 16.4 Å². The second-order valence-corrected chi connectivity index (χ2v) is 7.57. The summed E-state index contributed by atoms with van der Waals surface area (Å²) in [5.41, 5.74) is 5.30. The number of carbonyl (C=O) groups is 2. The molecule has 0 unspecified atom stereocenters. The van der Waals surface area contributed by atoms with E-state index < -0.39 is 0 Å². The molecule has 0 spiro atoms. The van der Waals surface area contributed by atoms with Crippen LogP contribution in [0.15, 0.2) is 12.2 Å². The van der Waals surface area contributed by atoms with Gasteiger partial charge in [-0.25, -0.2) is 0 Å². The minimum atomic E-state index is -0.0611. The van der Waals surface area contributed by atoms with Gasteiger partial charge in [-0.15, -0.1) is 0 Å². The van der Waals surface area contributed by atoms with Gasteiger partial charge in [-0.2, -0.15) is 0 Å². The van der Waals surface area contributed by atoms with E-state index in [1.165, 1.54) is 70.6 Å². The molecular formula is C23H45N3O2. The summed E-state index contributed by atoms with van der Waals surface area (Å²) in [4.78, 5) is 22.9. The van der Waals surface area contributed by atoms with E-state index in [9.17, 15) is 9.59 Å². The minimum absolute atomic E-state index is 0.0611. The maximum absolute atomic E-state index is 11.7. The van der Waals surface area contributed by atoms with Crippen LogP contribution in [0.5, 0.6) is 0 Å². The standard InChI is InChI=1S/C23H45N3O2/c1-2-3-4-5-6-7-8-9-10-11-12-13-14-15-16-17-22(27)25-20-21-26-23(28)18-19-24/h9-10H,2-8,11-21,24H2,1H3,(H,25,27)(H,26,28). The maximum atomic E-state index is 11.7. The predicted octanol–water partition coefficient (Wildman–Crippen LogP) is 4.61. The van der Waals surface area contributed by atoms with Gasteiger partial charge in [0.15, 0.2) is 0 Å². The number of hydrogen-bond acceptors (Lipinski definition) is 3. The van der Waals surface area contributed by atoms with Crippen LogP contribution in [-0.4, -0.2) is 31.4 Å². The number of rotatable bonds is 20. The number of carbonyl (C=O) groups excluding carboxylic acids is 2. The number of nitrogens with one attached hydrogen (secondary N) is 2. The first-order valence-electron chi connectivity index (χ1n) is 11.6. The number of nitrogens with two attached hydrogens (primary N) is 1. The molecule has 0 radical (unpaired) electrons. The first kappa shape index (κ1) is 26.6. The fourth-order valence-electron chi connectivity index (χ4n) is 3.07. The van der Waals surface area contributed by atoms with Crippen LogP contribution >= 0.6 is 0 Å². The normalized spacial score (nSPS) is 11.1. The number of hydrogen-bond donors (Lipinski definition) is 3. The monoisotopic (exact) mass is 395 g/mol. The maximum Gasteiger partial charge on any atom is 0.221 e. The van der Waals surface area contributed by atoms with Gasteiger partial charge >= 0.3 is 0 Å². The summed E-state index contributed by atoms with van der Waals surface area (Å²) in [6.07, 6.45) is 22.0. The highest BCUT2D eigenvalue weighted by atomic mass is 16.2. The van der Waals surface area contributed by atoms with Gasteiger partial charge in [-0.1, -0.05) is 70.4 Å². The first-order valence-corrected chi connectivity index (χ1v) is 11.6. The molecule has 0 bridgehead atoms. The Morgan fingerprint density at radius 1 is 0.679 bits per heavy atom. The second-order valence-electron chi connectivity index (χ2n) is 7.57. The van der Waals surface area contributed by atoms with Crippen molar-refractivity contribution < 1.29 is 9.59 Å². The largest absolute Gasteiger partial charge is 0.354 e. The Morgan fingerprint density at radius 2 is 1.14 bits per heavy atom. The van der Waals surface area contributed by atoms with Crippen LogP contribution in [0.1, 0.15) is 103 Å². The van der Waals surface area contributed by atoms with Crippen molar-refractivity contribution in [1.29, 1.82) is 0 Å². The highest BCUT2D eigenvalue weighted by molar-refractivity contribution is 5.77. The van der Waals surface area contributed by atoms with E-state index in [4.69, 9.17) is 5.73 Å². The average molecular weight is 396 g/mol. The van der Waals surface area contributed by atoms with Gasteiger partial charge in [-0.05, 0) is 32.1 Å². The Morgan fingerprint density at radius 3 is 1.68 bits per heavy atom. The van der Waals surface area contributed by atoms with Crippen LogP contribution in [0.4, 0.5) is 0 Å². The van der Waals surface area contributed by atoms with Gasteiger partial charge in [0, 0.05) is 32.5 Å². The molecule has 2 amide bonds. The molecule has 0 saturated carbocycles. The van der Waals surface area contributed by atoms with Crippen molar-refractivity contribution in [3.05, 3.63) is 12.2 Å². The van der Waals surface area contributed by atoms with E-state index in [0.29, 0.717) is 32.5 Å². The van der Waals surface area contributed by atoms with Gasteiger partial charge < -0.3 is 16.4 Å². The molecule has 0 rings (SSSR count). The topological polar surface area (TPSA) is 84.2 Å². The van der Waals surface area contributed by atoms with E-state index in [0.717, 1.165) is 12.8 Å². The summed E-state index contributed by atoms with van der Waals surface area (Å²) < 4.78 is 0. The highest BCUT2D eigenvalue weighted by Gasteiger charge is 2.02. The summed E-state index contributed by atoms with van der Waals surface area (Å²) >= 11 is 0. The quantitative estimate of drug-likeness (QED) is 0.208. The average Bonchev–Trinajstić information content (AvgIpc) is 2.68. The minimum Gasteiger partial charge on any atom is -0.354 e. The molecule has 0 heterocycles. The third-order valence-electron chi connectivity index (χ3n) is 4.81. The molecule has 5 nitrogen and oxygen atoms in total. The molecule has 0 aliphatic carbocycles. The van der Waals surface area contributed by atoms with Gasteiger partial charge in [0.05, 0.1) is 0 Å². The van der Waals surface area contributed by atoms with E-state index in [2.05, 4.69) is 29.7 Å². The van der Waals surface area contributed by atoms with Gasteiger partial charge in [0.25, 0.3) is 0 Å². The molecule has 0 aliphatic rings. The van der Waals surface area contributed by atoms with Gasteiger partial charge in [-0.3, -0.25) is 9.59 Å². The van der Waals surface area contributed by atoms with Crippen LogP contribution in [0.25, 0.3) is 0 Å². The molecule has 0 saturated heterocycles. The molecule has 4 N–H and O–H groups in total. The fourth-order valence-corrected chi connectivity index (χ4v) is 3.07. The van der Waals surface area contributed by atoms with E-state index >= 15 is 0 Å². The van der Waals surface area contributed by atoms with Crippen LogP contribution in [-0.2, 0) is 9.59 Å². The zero-order valence-electron chi connectivity index (χ0n) is 18.3. The predicted molar refractivity (Wildman–Crippen MR) is 119 cm³/mol. The SMILES string of the molecule is CCCCCCCCC=CCCCCCCCC(=O)NCCNC(=O)CCN. The van der Waals surface area contributed by atoms with Gasteiger partial charge in [0.1, 0.15) is 0 Å². The van der Waals surface area contributed by atoms with Crippen molar-refractivity contribution >= 4 is 11.8 Å². The zero-order valence-corrected chi connectivity index (χ0v) is 18.3. The summed E-state index contributed by atoms with van der Waals surface area (Å²) in [6.45, 7) is 3.57. The van der Waals surface area contributed by atoms with Crippen molar-refractivity contribution in [1.82, 2.24) is 10.6 Å². The van der Waals surface area contributed by atoms with Crippen molar-refractivity contribution in [3.8, 4) is 0 Å². The van der Waals surface area contributed by atoms with Crippen molar-refractivity contribution in [2.75, 3.05) is 19.6 Å². The first-order chi connectivity index (χ1) is 13.7. The molecule has 164 valence electrons. The highest BCUT2D eigenvalue weighted by Crippen LogP contribution is 2.09. The van der Waals surface area contributed by atoms with E-state index in [1.807, 2.05) is 0 Å². The Bertz CT molecular complexity index is 397. The van der Waals surface area contributed by atoms with Crippen molar-refractivity contribution in [2.45, 2.75) is 103 Å². The Hall–Kier alpha value is -1.36. The van der Waals surface area contributed by atoms with Crippen molar-refractivity contribution in [3.63, 3.8) is 0 Å². The number of unbranched alkanes of at least 4 members (excludes halogenated alkanes) is 11. The lowest BCUT2D eigenvalue weighted by molar-refractivity contribution is -0.122. The number of allylic oxidation sites excluding steroid dienone is 2. The Kier molecular flexibility index (Phi) is 20.9. The van der Waals surface area contributed by atoms with Crippen molar-refractivity contribution in [2.24, 2.45) is 5.73 Å². The molecule has 28 heavy (non-hydrogen) atoms. The molecule has 5 heteroatoms. The summed E-state index contributed by atoms with van der Waals surface area (Å²) in [6, 6.07) is 0. The fraction of sp³-hybridized carbons (Fsp3) is 0.826. The van der Waals surface area contributed by atoms with Crippen LogP contribution in [0.3, 0.4) is 0 Å². The molecule has 0 atom stereocenters. The van der Waals surface area contributed by atoms with Gasteiger partial charge in [0.2, 0.25) is 11.8 Å². The lowest BCUT2D eigenvalue weighted by Gasteiger charge is -2.06. The Balaban J connectivity index is 3.26. The third kappa shape index (κ3) is 20.9. The molecular weight excluding hydrogens is 350 g/mol. The van der Waals surface area contributed by atoms with E-state index in [1.54, 1.807) is 0 Å². The van der Waals surface area contributed by atoms with Crippen LogP contribution in [0.2, 0.25) is 0 Å². The van der Waals surface area contributed by atoms with E-state index in [-0.39, 0.29) is 11.8 Å². The molecule has 0 fully saturated rings. The number of amides is 2. The Labute approximate surface area is 173 Å². The molecule has 0 aromatic rings. The molecule has 0 aromatic carbocycles.